The third-order valence-electron chi connectivity index (χ3n) is 3.95. The zero-order valence-electron chi connectivity index (χ0n) is 12.4. The molecular formula is C20H16N2. The quantitative estimate of drug-likeness (QED) is 0.507. The molecule has 0 unspecified atom stereocenters. The molecule has 0 saturated carbocycles. The van der Waals surface area contributed by atoms with Crippen LogP contribution in [0.15, 0.2) is 79.0 Å². The van der Waals surface area contributed by atoms with E-state index in [0.29, 0.717) is 0 Å². The Morgan fingerprint density at radius 1 is 0.682 bits per heavy atom. The number of rotatable bonds is 2. The molecule has 0 atom stereocenters. The Balaban J connectivity index is 1.99. The van der Waals surface area contributed by atoms with Crippen molar-refractivity contribution in [3.8, 4) is 22.5 Å². The van der Waals surface area contributed by atoms with E-state index in [0.717, 1.165) is 17.0 Å². The van der Waals surface area contributed by atoms with Gasteiger partial charge in [0.2, 0.25) is 0 Å². The maximum absolute atomic E-state index is 4.57. The molecule has 2 aromatic carbocycles. The van der Waals surface area contributed by atoms with E-state index in [1.165, 1.54) is 16.7 Å². The zero-order valence-corrected chi connectivity index (χ0v) is 12.4. The van der Waals surface area contributed by atoms with Crippen molar-refractivity contribution >= 4 is 5.65 Å². The molecule has 106 valence electrons. The van der Waals surface area contributed by atoms with Crippen molar-refractivity contribution in [1.29, 1.82) is 0 Å². The van der Waals surface area contributed by atoms with Gasteiger partial charge in [-0.1, -0.05) is 66.2 Å². The molecule has 4 rings (SSSR count). The minimum absolute atomic E-state index is 0.969. The van der Waals surface area contributed by atoms with Crippen molar-refractivity contribution in [3.63, 3.8) is 0 Å². The van der Waals surface area contributed by atoms with E-state index in [9.17, 15) is 0 Å². The van der Waals surface area contributed by atoms with E-state index >= 15 is 0 Å². The molecule has 0 N–H and O–H groups in total. The van der Waals surface area contributed by atoms with Crippen LogP contribution in [0.1, 0.15) is 5.56 Å². The number of fused-ring (bicyclic) bond motifs is 1. The minimum Gasteiger partial charge on any atom is -0.292 e. The summed E-state index contributed by atoms with van der Waals surface area (Å²) in [6.07, 6.45) is 1.95. The molecule has 2 nitrogen and oxygen atoms in total. The lowest BCUT2D eigenvalue weighted by Gasteiger charge is -2.09. The first kappa shape index (κ1) is 12.8. The number of pyridine rings is 1. The van der Waals surface area contributed by atoms with Crippen molar-refractivity contribution in [2.75, 3.05) is 0 Å². The van der Waals surface area contributed by atoms with E-state index in [2.05, 4.69) is 77.0 Å². The Bertz CT molecular complexity index is 919. The zero-order chi connectivity index (χ0) is 14.9. The highest BCUT2D eigenvalue weighted by Gasteiger charge is 2.10. The summed E-state index contributed by atoms with van der Waals surface area (Å²) in [6.45, 7) is 2.10. The molecule has 0 radical (unpaired) electrons. The van der Waals surface area contributed by atoms with E-state index < -0.39 is 0 Å². The highest BCUT2D eigenvalue weighted by molar-refractivity contribution is 5.71. The Kier molecular flexibility index (Phi) is 3.01. The third-order valence-corrected chi connectivity index (χ3v) is 3.95. The number of nitrogens with zero attached hydrogens (tertiary/aromatic N) is 2. The summed E-state index contributed by atoms with van der Waals surface area (Å²) in [6, 6.07) is 25.3. The van der Waals surface area contributed by atoms with Gasteiger partial charge in [-0.25, -0.2) is 4.98 Å². The predicted molar refractivity (Wildman–Crippen MR) is 90.8 cm³/mol. The maximum Gasteiger partial charge on any atom is 0.137 e. The lowest BCUT2D eigenvalue weighted by atomic mass is 10.1. The molecule has 0 saturated heterocycles. The van der Waals surface area contributed by atoms with Gasteiger partial charge in [0.1, 0.15) is 5.65 Å². The molecule has 0 bridgehead atoms. The van der Waals surface area contributed by atoms with Gasteiger partial charge in [-0.05, 0) is 24.6 Å². The van der Waals surface area contributed by atoms with Gasteiger partial charge in [-0.3, -0.25) is 4.40 Å². The van der Waals surface area contributed by atoms with Crippen LogP contribution in [0.5, 0.6) is 0 Å². The Morgan fingerprint density at radius 2 is 1.41 bits per heavy atom. The highest BCUT2D eigenvalue weighted by atomic mass is 15.0. The lowest BCUT2D eigenvalue weighted by molar-refractivity contribution is 1.19. The number of hydrogen-bond donors (Lipinski definition) is 0. The molecule has 2 heterocycles. The van der Waals surface area contributed by atoms with Gasteiger partial charge < -0.3 is 0 Å². The molecule has 0 spiro atoms. The summed E-state index contributed by atoms with van der Waals surface area (Å²) in [5.41, 5.74) is 6.89. The van der Waals surface area contributed by atoms with Crippen LogP contribution in [0.4, 0.5) is 0 Å². The average Bonchev–Trinajstić information content (AvgIpc) is 3.00. The smallest absolute Gasteiger partial charge is 0.137 e. The van der Waals surface area contributed by atoms with Gasteiger partial charge in [-0.2, -0.15) is 0 Å². The van der Waals surface area contributed by atoms with Crippen molar-refractivity contribution < 1.29 is 0 Å². The molecule has 4 aromatic rings. The molecule has 22 heavy (non-hydrogen) atoms. The van der Waals surface area contributed by atoms with Crippen LogP contribution >= 0.6 is 0 Å². The fourth-order valence-corrected chi connectivity index (χ4v) is 2.80. The van der Waals surface area contributed by atoms with Gasteiger partial charge >= 0.3 is 0 Å². The summed E-state index contributed by atoms with van der Waals surface area (Å²) in [5, 5.41) is 0. The van der Waals surface area contributed by atoms with Gasteiger partial charge in [0.25, 0.3) is 0 Å². The highest BCUT2D eigenvalue weighted by Crippen LogP contribution is 2.27. The Morgan fingerprint density at radius 3 is 2.18 bits per heavy atom. The second kappa shape index (κ2) is 5.15. The van der Waals surface area contributed by atoms with Gasteiger partial charge in [0.15, 0.2) is 0 Å². The number of aryl methyl sites for hydroxylation is 1. The summed E-state index contributed by atoms with van der Waals surface area (Å²) in [7, 11) is 0. The first-order valence-corrected chi connectivity index (χ1v) is 7.42. The molecule has 0 amide bonds. The average molecular weight is 284 g/mol. The Hall–Kier alpha value is -2.87. The van der Waals surface area contributed by atoms with E-state index in [1.807, 2.05) is 18.3 Å². The standard InChI is InChI=1S/C20H16N2/c1-15-10-12-17(13-11-15)19-14-21-20-9-5-8-18(22(19)20)16-6-3-2-4-7-16/h2-14H,1H3. The summed E-state index contributed by atoms with van der Waals surface area (Å²) in [5.74, 6) is 0. The molecule has 0 aliphatic heterocycles. The van der Waals surface area contributed by atoms with Crippen LogP contribution in [0.25, 0.3) is 28.2 Å². The molecular weight excluding hydrogens is 268 g/mol. The second-order valence-electron chi connectivity index (χ2n) is 5.48. The van der Waals surface area contributed by atoms with Crippen LogP contribution < -0.4 is 0 Å². The van der Waals surface area contributed by atoms with Crippen molar-refractivity contribution in [2.45, 2.75) is 6.92 Å². The van der Waals surface area contributed by atoms with Crippen LogP contribution in [0, 0.1) is 6.92 Å². The number of aromatic nitrogens is 2. The number of hydrogen-bond acceptors (Lipinski definition) is 1. The molecule has 0 fully saturated rings. The molecule has 0 aliphatic carbocycles. The largest absolute Gasteiger partial charge is 0.292 e. The summed E-state index contributed by atoms with van der Waals surface area (Å²) < 4.78 is 2.22. The molecule has 0 aliphatic rings. The van der Waals surface area contributed by atoms with Gasteiger partial charge in [0.05, 0.1) is 17.6 Å². The normalized spacial score (nSPS) is 11.0. The van der Waals surface area contributed by atoms with Gasteiger partial charge in [0, 0.05) is 5.56 Å². The number of benzene rings is 2. The molecule has 2 heteroatoms. The lowest BCUT2D eigenvalue weighted by Crippen LogP contribution is -1.94. The van der Waals surface area contributed by atoms with Crippen molar-refractivity contribution in [1.82, 2.24) is 9.38 Å². The van der Waals surface area contributed by atoms with Crippen LogP contribution in [-0.2, 0) is 0 Å². The SMILES string of the molecule is Cc1ccc(-c2cnc3cccc(-c4ccccc4)n23)cc1. The monoisotopic (exact) mass is 284 g/mol. The van der Waals surface area contributed by atoms with Crippen molar-refractivity contribution in [3.05, 3.63) is 84.6 Å². The maximum atomic E-state index is 4.57. The van der Waals surface area contributed by atoms with Crippen molar-refractivity contribution in [2.24, 2.45) is 0 Å². The second-order valence-corrected chi connectivity index (χ2v) is 5.48. The van der Waals surface area contributed by atoms with Gasteiger partial charge in [-0.15, -0.1) is 0 Å². The fourth-order valence-electron chi connectivity index (χ4n) is 2.80. The van der Waals surface area contributed by atoms with E-state index in [1.54, 1.807) is 0 Å². The van der Waals surface area contributed by atoms with Crippen LogP contribution in [-0.4, -0.2) is 9.38 Å². The number of imidazole rings is 1. The van der Waals surface area contributed by atoms with E-state index in [-0.39, 0.29) is 0 Å². The molecule has 2 aromatic heterocycles. The van der Waals surface area contributed by atoms with E-state index in [4.69, 9.17) is 0 Å². The predicted octanol–water partition coefficient (Wildman–Crippen LogP) is 4.98. The van der Waals surface area contributed by atoms with Crippen LogP contribution in [0.3, 0.4) is 0 Å². The topological polar surface area (TPSA) is 17.3 Å². The minimum atomic E-state index is 0.969. The first-order valence-electron chi connectivity index (χ1n) is 7.42. The Labute approximate surface area is 129 Å². The first-order chi connectivity index (χ1) is 10.8. The fraction of sp³-hybridized carbons (Fsp3) is 0.0500. The third kappa shape index (κ3) is 2.09. The summed E-state index contributed by atoms with van der Waals surface area (Å²) >= 11 is 0. The summed E-state index contributed by atoms with van der Waals surface area (Å²) in [4.78, 5) is 4.57. The van der Waals surface area contributed by atoms with Crippen LogP contribution in [0.2, 0.25) is 0 Å².